The fourth-order valence-corrected chi connectivity index (χ4v) is 6.40. The van der Waals surface area contributed by atoms with Crippen LogP contribution in [0.15, 0.2) is 36.4 Å². The molecule has 2 fully saturated rings. The molecule has 2 aliphatic heterocycles. The molecule has 0 radical (unpaired) electrons. The number of carbonyl (C=O) groups is 4. The van der Waals surface area contributed by atoms with Crippen molar-refractivity contribution in [2.24, 2.45) is 11.3 Å². The third-order valence-corrected chi connectivity index (χ3v) is 9.35. The number of carbonyl (C=O) groups excluding carboxylic acids is 4. The van der Waals surface area contributed by atoms with Crippen LogP contribution >= 0.6 is 0 Å². The highest BCUT2D eigenvalue weighted by atomic mass is 16.5. The Bertz CT molecular complexity index is 1470. The monoisotopic (exact) mass is 619 g/mol. The van der Waals surface area contributed by atoms with Crippen LogP contribution in [0.3, 0.4) is 0 Å². The van der Waals surface area contributed by atoms with Gasteiger partial charge in [-0.15, -0.1) is 0 Å². The Kier molecular flexibility index (Phi) is 9.88. The highest BCUT2D eigenvalue weighted by Crippen LogP contribution is 2.40. The normalized spacial score (nSPS) is 31.1. The van der Waals surface area contributed by atoms with Crippen molar-refractivity contribution in [3.05, 3.63) is 47.7 Å². The number of esters is 1. The molecule has 242 valence electrons. The quantitative estimate of drug-likeness (QED) is 0.434. The molecule has 1 saturated heterocycles. The Labute approximate surface area is 264 Å². The molecule has 3 N–H and O–H groups in total. The summed E-state index contributed by atoms with van der Waals surface area (Å²) in [6.07, 6.45) is 7.00. The Morgan fingerprint density at radius 1 is 1.02 bits per heavy atom. The molecule has 1 aromatic heterocycles. The van der Waals surface area contributed by atoms with Crippen LogP contribution in [0.5, 0.6) is 0 Å². The number of rotatable bonds is 2. The van der Waals surface area contributed by atoms with Gasteiger partial charge in [-0.2, -0.15) is 0 Å². The lowest BCUT2D eigenvalue weighted by Crippen LogP contribution is -2.61. The number of nitrogens with one attached hydrogen (secondary N) is 3. The number of benzene rings is 1. The lowest BCUT2D eigenvalue weighted by Gasteiger charge is -2.38. The fraction of sp³-hybridized carbons (Fsp3) is 0.559. The van der Waals surface area contributed by atoms with E-state index in [-0.39, 0.29) is 23.8 Å². The smallest absolute Gasteiger partial charge is 0.325 e. The summed E-state index contributed by atoms with van der Waals surface area (Å²) in [5, 5.41) is 8.15. The van der Waals surface area contributed by atoms with Gasteiger partial charge >= 0.3 is 5.97 Å². The number of aromatic nitrogens is 1. The zero-order chi connectivity index (χ0) is 32.3. The highest BCUT2D eigenvalue weighted by molar-refractivity contribution is 5.94. The molecule has 5 bridgehead atoms. The molecule has 3 heterocycles. The van der Waals surface area contributed by atoms with Gasteiger partial charge < -0.3 is 20.1 Å². The standard InChI is InChI=1S/C34H45N5O6/c1-20(2)29-30(40)35-21(3)31(41)39-18-6-7-27(38-39)32(42)45-22(4)26-11-10-24-9-8-23(19-28(24)36-26)12-15-34(33(43)37-29)16-13-25(44-5)14-17-34/h8-12,15,19-22,25,27,29,38H,6-7,13-14,16-18H2,1-5H3,(H,35,40)(H,37,43)/b15-12+/t21-,22+,25?,27-,29?,34?/m0/s1. The lowest BCUT2D eigenvalue weighted by molar-refractivity contribution is -0.157. The molecular formula is C34H45N5O6. The predicted octanol–water partition coefficient (Wildman–Crippen LogP) is 3.58. The second kappa shape index (κ2) is 13.7. The first-order chi connectivity index (χ1) is 21.5. The Hall–Kier alpha value is -3.83. The first kappa shape index (κ1) is 32.6. The number of amides is 3. The molecule has 1 spiro atoms. The van der Waals surface area contributed by atoms with Gasteiger partial charge in [-0.05, 0) is 76.0 Å². The molecule has 2 aromatic rings. The molecule has 4 atom stereocenters. The van der Waals surface area contributed by atoms with Crippen molar-refractivity contribution >= 4 is 40.7 Å². The number of nitrogens with zero attached hydrogens (tertiary/aromatic N) is 2. The molecule has 5 rings (SSSR count). The van der Waals surface area contributed by atoms with Gasteiger partial charge in [-0.3, -0.25) is 24.2 Å². The molecule has 1 unspecified atom stereocenters. The topological polar surface area (TPSA) is 139 Å². The van der Waals surface area contributed by atoms with E-state index in [0.29, 0.717) is 50.8 Å². The molecule has 45 heavy (non-hydrogen) atoms. The van der Waals surface area contributed by atoms with Gasteiger partial charge in [0.25, 0.3) is 5.91 Å². The van der Waals surface area contributed by atoms with Crippen LogP contribution in [0.1, 0.15) is 83.6 Å². The van der Waals surface area contributed by atoms with E-state index in [2.05, 4.69) is 16.1 Å². The first-order valence-electron chi connectivity index (χ1n) is 16.0. The van der Waals surface area contributed by atoms with Gasteiger partial charge in [-0.1, -0.05) is 44.2 Å². The van der Waals surface area contributed by atoms with Gasteiger partial charge in [0.05, 0.1) is 22.7 Å². The van der Waals surface area contributed by atoms with Gasteiger partial charge in [0, 0.05) is 19.0 Å². The fourth-order valence-electron chi connectivity index (χ4n) is 6.40. The van der Waals surface area contributed by atoms with Crippen LogP contribution in [-0.4, -0.2) is 71.6 Å². The molecule has 1 aliphatic carbocycles. The summed E-state index contributed by atoms with van der Waals surface area (Å²) in [7, 11) is 1.69. The van der Waals surface area contributed by atoms with Gasteiger partial charge in [0.2, 0.25) is 11.8 Å². The number of fused-ring (bicyclic) bond motifs is 4. The van der Waals surface area contributed by atoms with Crippen LogP contribution in [0.4, 0.5) is 0 Å². The van der Waals surface area contributed by atoms with E-state index in [9.17, 15) is 19.2 Å². The summed E-state index contributed by atoms with van der Waals surface area (Å²) in [5.74, 6) is -1.75. The van der Waals surface area contributed by atoms with Crippen molar-refractivity contribution in [2.75, 3.05) is 13.7 Å². The van der Waals surface area contributed by atoms with Crippen molar-refractivity contribution in [1.29, 1.82) is 0 Å². The molecule has 1 saturated carbocycles. The van der Waals surface area contributed by atoms with Crippen LogP contribution in [0, 0.1) is 11.3 Å². The number of hydrogen-bond acceptors (Lipinski definition) is 8. The van der Waals surface area contributed by atoms with E-state index >= 15 is 0 Å². The van der Waals surface area contributed by atoms with Gasteiger partial charge in [-0.25, -0.2) is 10.4 Å². The van der Waals surface area contributed by atoms with E-state index in [1.807, 2.05) is 56.3 Å². The highest BCUT2D eigenvalue weighted by Gasteiger charge is 2.42. The van der Waals surface area contributed by atoms with E-state index in [4.69, 9.17) is 14.5 Å². The van der Waals surface area contributed by atoms with E-state index in [0.717, 1.165) is 16.5 Å². The number of hydrogen-bond donors (Lipinski definition) is 3. The second-order valence-corrected chi connectivity index (χ2v) is 12.9. The molecule has 11 heteroatoms. The van der Waals surface area contributed by atoms with Crippen molar-refractivity contribution in [3.8, 4) is 0 Å². The summed E-state index contributed by atoms with van der Waals surface area (Å²) < 4.78 is 11.4. The minimum Gasteiger partial charge on any atom is -0.455 e. The van der Waals surface area contributed by atoms with Crippen LogP contribution in [-0.2, 0) is 28.7 Å². The first-order valence-corrected chi connectivity index (χ1v) is 16.0. The third-order valence-electron chi connectivity index (χ3n) is 9.35. The summed E-state index contributed by atoms with van der Waals surface area (Å²) in [6.45, 7) is 7.49. The maximum atomic E-state index is 14.1. The van der Waals surface area contributed by atoms with Crippen LogP contribution in [0.25, 0.3) is 17.0 Å². The predicted molar refractivity (Wildman–Crippen MR) is 169 cm³/mol. The van der Waals surface area contributed by atoms with E-state index in [1.165, 1.54) is 5.01 Å². The van der Waals surface area contributed by atoms with E-state index < -0.39 is 41.5 Å². The third kappa shape index (κ3) is 7.20. The second-order valence-electron chi connectivity index (χ2n) is 12.9. The maximum absolute atomic E-state index is 14.1. The zero-order valence-electron chi connectivity index (χ0n) is 26.8. The van der Waals surface area contributed by atoms with Crippen molar-refractivity contribution < 1.29 is 28.7 Å². The Morgan fingerprint density at radius 3 is 2.47 bits per heavy atom. The Balaban J connectivity index is 1.53. The summed E-state index contributed by atoms with van der Waals surface area (Å²) in [4.78, 5) is 59.0. The van der Waals surface area contributed by atoms with E-state index in [1.54, 1.807) is 21.0 Å². The molecule has 11 nitrogen and oxygen atoms in total. The SMILES string of the molecule is COC1CCC2(/C=C/c3ccc4ccc(nc4c3)[C@@H](C)OC(=O)[C@@H]3CCCN(N3)C(=O)[C@H](C)NC(=O)C(C(C)C)NC2=O)CC1. The minimum absolute atomic E-state index is 0.0698. The molecule has 1 aromatic carbocycles. The summed E-state index contributed by atoms with van der Waals surface area (Å²) >= 11 is 0. The lowest BCUT2D eigenvalue weighted by atomic mass is 9.71. The van der Waals surface area contributed by atoms with Crippen LogP contribution < -0.4 is 16.1 Å². The maximum Gasteiger partial charge on any atom is 0.325 e. The number of ether oxygens (including phenoxy) is 2. The average Bonchev–Trinajstić information content (AvgIpc) is 3.04. The Morgan fingerprint density at radius 2 is 1.76 bits per heavy atom. The number of hydrazine groups is 1. The number of cyclic esters (lactones) is 1. The number of pyridine rings is 1. The van der Waals surface area contributed by atoms with Crippen molar-refractivity contribution in [3.63, 3.8) is 0 Å². The number of methoxy groups -OCH3 is 1. The summed E-state index contributed by atoms with van der Waals surface area (Å²) in [5.41, 5.74) is 4.38. The van der Waals surface area contributed by atoms with Gasteiger partial charge in [0.15, 0.2) is 0 Å². The van der Waals surface area contributed by atoms with Gasteiger partial charge in [0.1, 0.15) is 24.2 Å². The van der Waals surface area contributed by atoms with Crippen molar-refractivity contribution in [2.45, 2.75) is 96.6 Å². The van der Waals surface area contributed by atoms with Crippen molar-refractivity contribution in [1.82, 2.24) is 26.1 Å². The summed E-state index contributed by atoms with van der Waals surface area (Å²) in [6, 6.07) is 7.25. The zero-order valence-corrected chi connectivity index (χ0v) is 26.8. The molecule has 3 aliphatic rings. The largest absolute Gasteiger partial charge is 0.455 e. The minimum atomic E-state index is -0.890. The molecular weight excluding hydrogens is 574 g/mol. The average molecular weight is 620 g/mol. The van der Waals surface area contributed by atoms with Crippen LogP contribution in [0.2, 0.25) is 0 Å². The molecule has 3 amide bonds.